The van der Waals surface area contributed by atoms with Gasteiger partial charge in [0.25, 0.3) is 0 Å². The fourth-order valence-electron chi connectivity index (χ4n) is 4.13. The molecule has 1 saturated heterocycles. The summed E-state index contributed by atoms with van der Waals surface area (Å²) in [6.07, 6.45) is 4.42. The third kappa shape index (κ3) is 4.27. The molecule has 2 aromatic heterocycles. The maximum Gasteiger partial charge on any atom is 0.224 e. The zero-order valence-electron chi connectivity index (χ0n) is 17.1. The van der Waals surface area contributed by atoms with Crippen LogP contribution in [0.25, 0.3) is 5.69 Å². The van der Waals surface area contributed by atoms with Gasteiger partial charge in [0, 0.05) is 17.8 Å². The van der Waals surface area contributed by atoms with E-state index in [-0.39, 0.29) is 11.9 Å². The number of nitrogens with zero attached hydrogens (tertiary/aromatic N) is 3. The molecule has 3 aromatic rings. The van der Waals surface area contributed by atoms with Gasteiger partial charge in [0.15, 0.2) is 0 Å². The Morgan fingerprint density at radius 2 is 1.90 bits per heavy atom. The molecular weight excluding hydrogens is 364 g/mol. The largest absolute Gasteiger partial charge is 0.468 e. The van der Waals surface area contributed by atoms with E-state index in [1.165, 1.54) is 12.8 Å². The molecule has 1 atom stereocenters. The Bertz CT molecular complexity index is 941. The average Bonchev–Trinajstić information content (AvgIpc) is 3.49. The molecule has 1 amide bonds. The molecular formula is C23H28N4O2. The highest BCUT2D eigenvalue weighted by molar-refractivity contribution is 5.79. The third-order valence-corrected chi connectivity index (χ3v) is 5.72. The van der Waals surface area contributed by atoms with Crippen molar-refractivity contribution in [1.82, 2.24) is 20.0 Å². The van der Waals surface area contributed by atoms with Gasteiger partial charge in [-0.2, -0.15) is 5.10 Å². The predicted molar refractivity (Wildman–Crippen MR) is 112 cm³/mol. The Hall–Kier alpha value is -2.86. The molecule has 0 saturated carbocycles. The van der Waals surface area contributed by atoms with Gasteiger partial charge in [0.1, 0.15) is 5.76 Å². The summed E-state index contributed by atoms with van der Waals surface area (Å²) >= 11 is 0. The maximum atomic E-state index is 12.8. The molecule has 1 aliphatic rings. The number of hydrogen-bond acceptors (Lipinski definition) is 4. The summed E-state index contributed by atoms with van der Waals surface area (Å²) in [6.45, 7) is 6.63. The van der Waals surface area contributed by atoms with Crippen molar-refractivity contribution < 1.29 is 9.21 Å². The van der Waals surface area contributed by atoms with Crippen molar-refractivity contribution in [2.45, 2.75) is 39.2 Å². The smallest absolute Gasteiger partial charge is 0.224 e. The lowest BCUT2D eigenvalue weighted by atomic mass is 10.1. The normalized spacial score (nSPS) is 15.5. The second-order valence-corrected chi connectivity index (χ2v) is 7.65. The van der Waals surface area contributed by atoms with Crippen LogP contribution in [0.2, 0.25) is 0 Å². The highest BCUT2D eigenvalue weighted by Gasteiger charge is 2.26. The van der Waals surface area contributed by atoms with Crippen molar-refractivity contribution in [3.63, 3.8) is 0 Å². The van der Waals surface area contributed by atoms with Crippen LogP contribution in [0.5, 0.6) is 0 Å². The SMILES string of the molecule is Cc1nn(-c2ccccc2)c(C)c1CC(=O)NC[C@@H](c1ccco1)N1CCCC1. The lowest BCUT2D eigenvalue weighted by Crippen LogP contribution is -2.37. The van der Waals surface area contributed by atoms with Gasteiger partial charge in [-0.15, -0.1) is 0 Å². The molecule has 3 heterocycles. The monoisotopic (exact) mass is 392 g/mol. The summed E-state index contributed by atoms with van der Waals surface area (Å²) < 4.78 is 7.55. The van der Waals surface area contributed by atoms with E-state index in [4.69, 9.17) is 4.42 Å². The maximum absolute atomic E-state index is 12.8. The molecule has 0 spiro atoms. The van der Waals surface area contributed by atoms with Crippen molar-refractivity contribution in [3.8, 4) is 5.69 Å². The molecule has 1 N–H and O–H groups in total. The zero-order valence-corrected chi connectivity index (χ0v) is 17.1. The zero-order chi connectivity index (χ0) is 20.2. The van der Waals surface area contributed by atoms with Crippen LogP contribution in [0.3, 0.4) is 0 Å². The van der Waals surface area contributed by atoms with E-state index in [0.717, 1.165) is 41.5 Å². The summed E-state index contributed by atoms with van der Waals surface area (Å²) in [7, 11) is 0. The number of para-hydroxylation sites is 1. The Kier molecular flexibility index (Phi) is 5.81. The first-order valence-electron chi connectivity index (χ1n) is 10.3. The Morgan fingerprint density at radius 3 is 2.59 bits per heavy atom. The van der Waals surface area contributed by atoms with Crippen LogP contribution in [0.4, 0.5) is 0 Å². The van der Waals surface area contributed by atoms with Gasteiger partial charge in [-0.1, -0.05) is 18.2 Å². The van der Waals surface area contributed by atoms with Crippen molar-refractivity contribution in [3.05, 3.63) is 71.4 Å². The van der Waals surface area contributed by atoms with Crippen LogP contribution >= 0.6 is 0 Å². The number of rotatable bonds is 7. The van der Waals surface area contributed by atoms with E-state index < -0.39 is 0 Å². The molecule has 1 aliphatic heterocycles. The quantitative estimate of drug-likeness (QED) is 0.668. The molecule has 1 fully saturated rings. The number of likely N-dealkylation sites (tertiary alicyclic amines) is 1. The first-order chi connectivity index (χ1) is 14.1. The fourth-order valence-corrected chi connectivity index (χ4v) is 4.13. The molecule has 0 aliphatic carbocycles. The van der Waals surface area contributed by atoms with Crippen LogP contribution in [0, 0.1) is 13.8 Å². The number of aromatic nitrogens is 2. The van der Waals surface area contributed by atoms with E-state index >= 15 is 0 Å². The minimum atomic E-state index is 0.0135. The van der Waals surface area contributed by atoms with Crippen LogP contribution < -0.4 is 5.32 Å². The molecule has 29 heavy (non-hydrogen) atoms. The summed E-state index contributed by atoms with van der Waals surface area (Å²) in [5, 5.41) is 7.77. The first kappa shape index (κ1) is 19.5. The standard InChI is InChI=1S/C23H28N4O2/c1-17-20(18(2)27(25-17)19-9-4-3-5-10-19)15-23(28)24-16-21(22-11-8-14-29-22)26-12-6-7-13-26/h3-5,8-11,14,21H,6-7,12-13,15-16H2,1-2H3,(H,24,28)/t21-/m0/s1. The van der Waals surface area contributed by atoms with Gasteiger partial charge >= 0.3 is 0 Å². The molecule has 6 heteroatoms. The summed E-state index contributed by atoms with van der Waals surface area (Å²) in [4.78, 5) is 15.1. The lowest BCUT2D eigenvalue weighted by molar-refractivity contribution is -0.120. The number of aryl methyl sites for hydroxylation is 1. The van der Waals surface area contributed by atoms with E-state index in [0.29, 0.717) is 13.0 Å². The minimum absolute atomic E-state index is 0.0135. The highest BCUT2D eigenvalue weighted by atomic mass is 16.3. The van der Waals surface area contributed by atoms with E-state index in [1.807, 2.05) is 61.0 Å². The number of hydrogen-bond donors (Lipinski definition) is 1. The molecule has 0 bridgehead atoms. The predicted octanol–water partition coefficient (Wildman–Crippen LogP) is 3.58. The van der Waals surface area contributed by atoms with Gasteiger partial charge in [-0.25, -0.2) is 4.68 Å². The van der Waals surface area contributed by atoms with Crippen molar-refractivity contribution in [2.75, 3.05) is 19.6 Å². The minimum Gasteiger partial charge on any atom is -0.468 e. The van der Waals surface area contributed by atoms with Crippen LogP contribution in [0.15, 0.2) is 53.1 Å². The second kappa shape index (κ2) is 8.66. The Balaban J connectivity index is 1.44. The van der Waals surface area contributed by atoms with Crippen LogP contribution in [-0.4, -0.2) is 40.2 Å². The second-order valence-electron chi connectivity index (χ2n) is 7.65. The third-order valence-electron chi connectivity index (χ3n) is 5.72. The van der Waals surface area contributed by atoms with Gasteiger partial charge in [0.05, 0.1) is 30.1 Å². The number of benzene rings is 1. The van der Waals surface area contributed by atoms with Gasteiger partial charge < -0.3 is 9.73 Å². The van der Waals surface area contributed by atoms with Crippen molar-refractivity contribution >= 4 is 5.91 Å². The van der Waals surface area contributed by atoms with Crippen molar-refractivity contribution in [1.29, 1.82) is 0 Å². The Morgan fingerprint density at radius 1 is 1.14 bits per heavy atom. The number of carbonyl (C=O) groups is 1. The molecule has 0 unspecified atom stereocenters. The number of carbonyl (C=O) groups excluding carboxylic acids is 1. The summed E-state index contributed by atoms with van der Waals surface area (Å²) in [6, 6.07) is 14.0. The van der Waals surface area contributed by atoms with E-state index in [9.17, 15) is 4.79 Å². The van der Waals surface area contributed by atoms with Gasteiger partial charge in [-0.3, -0.25) is 9.69 Å². The summed E-state index contributed by atoms with van der Waals surface area (Å²) in [5.74, 6) is 0.927. The molecule has 4 rings (SSSR count). The van der Waals surface area contributed by atoms with E-state index in [2.05, 4.69) is 15.3 Å². The van der Waals surface area contributed by atoms with E-state index in [1.54, 1.807) is 6.26 Å². The topological polar surface area (TPSA) is 63.3 Å². The fraction of sp³-hybridized carbons (Fsp3) is 0.391. The first-order valence-corrected chi connectivity index (χ1v) is 10.3. The number of nitrogens with one attached hydrogen (secondary N) is 1. The molecule has 1 aromatic carbocycles. The molecule has 6 nitrogen and oxygen atoms in total. The molecule has 0 radical (unpaired) electrons. The molecule has 152 valence electrons. The number of amides is 1. The van der Waals surface area contributed by atoms with Crippen molar-refractivity contribution in [2.24, 2.45) is 0 Å². The summed E-state index contributed by atoms with van der Waals surface area (Å²) in [5.41, 5.74) is 3.89. The van der Waals surface area contributed by atoms with Crippen LogP contribution in [0.1, 0.15) is 41.6 Å². The average molecular weight is 393 g/mol. The number of furan rings is 1. The van der Waals surface area contributed by atoms with Gasteiger partial charge in [-0.05, 0) is 64.0 Å². The highest BCUT2D eigenvalue weighted by Crippen LogP contribution is 2.25. The van der Waals surface area contributed by atoms with Crippen LogP contribution in [-0.2, 0) is 11.2 Å². The Labute approximate surface area is 171 Å². The lowest BCUT2D eigenvalue weighted by Gasteiger charge is -2.26. The van der Waals surface area contributed by atoms with Gasteiger partial charge in [0.2, 0.25) is 5.91 Å².